The molecule has 3 aromatic rings. The van der Waals surface area contributed by atoms with Gasteiger partial charge in [0.1, 0.15) is 11.5 Å². The van der Waals surface area contributed by atoms with Crippen LogP contribution in [0.1, 0.15) is 12.5 Å². The van der Waals surface area contributed by atoms with Crippen molar-refractivity contribution in [2.45, 2.75) is 17.1 Å². The Labute approximate surface area is 207 Å². The van der Waals surface area contributed by atoms with E-state index in [2.05, 4.69) is 15.8 Å². The number of ether oxygens (including phenoxy) is 2. The largest absolute Gasteiger partial charge is 0.495 e. The van der Waals surface area contributed by atoms with Crippen LogP contribution in [0.25, 0.3) is 0 Å². The van der Waals surface area contributed by atoms with E-state index < -0.39 is 0 Å². The van der Waals surface area contributed by atoms with Crippen molar-refractivity contribution in [2.75, 3.05) is 19.0 Å². The lowest BCUT2D eigenvalue weighted by atomic mass is 10.2. The summed E-state index contributed by atoms with van der Waals surface area (Å²) in [6.07, 6.45) is 1.54. The number of thioether (sulfide) groups is 1. The summed E-state index contributed by atoms with van der Waals surface area (Å²) in [5.41, 5.74) is 3.88. The Balaban J connectivity index is 1.43. The fourth-order valence-electron chi connectivity index (χ4n) is 2.77. The Morgan fingerprint density at radius 1 is 1.06 bits per heavy atom. The SMILES string of the molecule is COc1ccccc1NC(=O)COc1ccc(/C=N\NC(=O)[C@H](C)Sc2ccc(Cl)cc2)cc1. The van der Waals surface area contributed by atoms with Crippen molar-refractivity contribution >= 4 is 47.1 Å². The van der Waals surface area contributed by atoms with Crippen molar-refractivity contribution in [3.8, 4) is 11.5 Å². The second kappa shape index (κ2) is 12.7. The molecule has 2 N–H and O–H groups in total. The van der Waals surface area contributed by atoms with Gasteiger partial charge in [-0.15, -0.1) is 11.8 Å². The van der Waals surface area contributed by atoms with Crippen molar-refractivity contribution in [1.82, 2.24) is 5.43 Å². The van der Waals surface area contributed by atoms with Gasteiger partial charge >= 0.3 is 0 Å². The van der Waals surface area contributed by atoms with E-state index in [0.717, 1.165) is 10.5 Å². The Morgan fingerprint density at radius 2 is 1.76 bits per heavy atom. The zero-order chi connectivity index (χ0) is 24.3. The highest BCUT2D eigenvalue weighted by atomic mass is 35.5. The first-order valence-electron chi connectivity index (χ1n) is 10.4. The number of halogens is 1. The Morgan fingerprint density at radius 3 is 2.47 bits per heavy atom. The third-order valence-corrected chi connectivity index (χ3v) is 5.88. The predicted octanol–water partition coefficient (Wildman–Crippen LogP) is 5.00. The van der Waals surface area contributed by atoms with Crippen LogP contribution in [-0.2, 0) is 9.59 Å². The van der Waals surface area contributed by atoms with Gasteiger partial charge in [0.2, 0.25) is 0 Å². The van der Waals surface area contributed by atoms with E-state index in [1.54, 1.807) is 68.6 Å². The van der Waals surface area contributed by atoms with Crippen LogP contribution in [0.2, 0.25) is 5.02 Å². The fraction of sp³-hybridized carbons (Fsp3) is 0.160. The maximum absolute atomic E-state index is 12.2. The summed E-state index contributed by atoms with van der Waals surface area (Å²) in [5.74, 6) is 0.592. The van der Waals surface area contributed by atoms with Gasteiger partial charge in [0, 0.05) is 9.92 Å². The van der Waals surface area contributed by atoms with Crippen LogP contribution in [0, 0.1) is 0 Å². The lowest BCUT2D eigenvalue weighted by Gasteiger charge is -2.10. The molecule has 0 aromatic heterocycles. The molecule has 7 nitrogen and oxygen atoms in total. The highest BCUT2D eigenvalue weighted by molar-refractivity contribution is 8.00. The second-order valence-corrected chi connectivity index (χ2v) is 8.91. The van der Waals surface area contributed by atoms with Gasteiger partial charge in [-0.3, -0.25) is 9.59 Å². The average Bonchev–Trinajstić information content (AvgIpc) is 2.85. The molecular weight excluding hydrogens is 474 g/mol. The molecule has 1 atom stereocenters. The number of amides is 2. The quantitative estimate of drug-likeness (QED) is 0.234. The number of rotatable bonds is 10. The third-order valence-electron chi connectivity index (χ3n) is 4.52. The number of hydrogen-bond acceptors (Lipinski definition) is 6. The van der Waals surface area contributed by atoms with Crippen molar-refractivity contribution in [3.05, 3.63) is 83.4 Å². The summed E-state index contributed by atoms with van der Waals surface area (Å²) >= 11 is 7.30. The molecule has 0 heterocycles. The van der Waals surface area contributed by atoms with E-state index in [-0.39, 0.29) is 23.7 Å². The first-order chi connectivity index (χ1) is 16.4. The minimum Gasteiger partial charge on any atom is -0.495 e. The minimum absolute atomic E-state index is 0.148. The third kappa shape index (κ3) is 7.83. The molecule has 34 heavy (non-hydrogen) atoms. The summed E-state index contributed by atoms with van der Waals surface area (Å²) in [6, 6.07) is 21.4. The van der Waals surface area contributed by atoms with Crippen LogP contribution in [-0.4, -0.2) is 37.0 Å². The number of hydrogen-bond donors (Lipinski definition) is 2. The molecule has 0 saturated heterocycles. The van der Waals surface area contributed by atoms with E-state index in [1.807, 2.05) is 18.2 Å². The van der Waals surface area contributed by atoms with Gasteiger partial charge in [-0.2, -0.15) is 5.10 Å². The maximum atomic E-state index is 12.2. The van der Waals surface area contributed by atoms with Crippen molar-refractivity contribution in [3.63, 3.8) is 0 Å². The standard InChI is InChI=1S/C25H24ClN3O4S/c1-17(34-21-13-9-19(26)10-14-21)25(31)29-27-15-18-7-11-20(12-8-18)33-16-24(30)28-22-5-3-4-6-23(22)32-2/h3-15,17H,16H2,1-2H3,(H,28,30)(H,29,31)/b27-15-/t17-/m0/s1. The number of methoxy groups -OCH3 is 1. The molecule has 0 aliphatic carbocycles. The van der Waals surface area contributed by atoms with Gasteiger partial charge in [-0.1, -0.05) is 23.7 Å². The second-order valence-electron chi connectivity index (χ2n) is 7.05. The molecule has 0 bridgehead atoms. The molecule has 9 heteroatoms. The molecule has 0 radical (unpaired) electrons. The van der Waals surface area contributed by atoms with Gasteiger partial charge in [0.25, 0.3) is 11.8 Å². The molecule has 2 amide bonds. The van der Waals surface area contributed by atoms with E-state index >= 15 is 0 Å². The Kier molecular flexibility index (Phi) is 9.37. The molecule has 0 aliphatic heterocycles. The number of hydrazone groups is 1. The van der Waals surface area contributed by atoms with Crippen LogP contribution in [0.5, 0.6) is 11.5 Å². The average molecular weight is 498 g/mol. The molecular formula is C25H24ClN3O4S. The Bertz CT molecular complexity index is 1140. The molecule has 176 valence electrons. The monoisotopic (exact) mass is 497 g/mol. The normalized spacial score (nSPS) is 11.6. The Hall–Kier alpha value is -3.49. The fourth-order valence-corrected chi connectivity index (χ4v) is 3.75. The van der Waals surface area contributed by atoms with Crippen LogP contribution in [0.15, 0.2) is 82.8 Å². The van der Waals surface area contributed by atoms with E-state index in [1.165, 1.54) is 18.0 Å². The zero-order valence-electron chi connectivity index (χ0n) is 18.7. The van der Waals surface area contributed by atoms with Gasteiger partial charge in [-0.25, -0.2) is 5.43 Å². The van der Waals surface area contributed by atoms with Gasteiger partial charge in [0.05, 0.1) is 24.3 Å². The van der Waals surface area contributed by atoms with Crippen LogP contribution in [0.4, 0.5) is 5.69 Å². The summed E-state index contributed by atoms with van der Waals surface area (Å²) < 4.78 is 10.7. The number of nitrogens with one attached hydrogen (secondary N) is 2. The maximum Gasteiger partial charge on any atom is 0.262 e. The number of carbonyl (C=O) groups is 2. The van der Waals surface area contributed by atoms with Crippen LogP contribution >= 0.6 is 23.4 Å². The summed E-state index contributed by atoms with van der Waals surface area (Å²) in [5, 5.41) is 7.09. The summed E-state index contributed by atoms with van der Waals surface area (Å²) in [7, 11) is 1.54. The zero-order valence-corrected chi connectivity index (χ0v) is 20.2. The summed E-state index contributed by atoms with van der Waals surface area (Å²) in [4.78, 5) is 25.3. The van der Waals surface area contributed by atoms with E-state index in [0.29, 0.717) is 22.2 Å². The van der Waals surface area contributed by atoms with Crippen molar-refractivity contribution in [2.24, 2.45) is 5.10 Å². The lowest BCUT2D eigenvalue weighted by molar-refractivity contribution is -0.120. The number of carbonyl (C=O) groups excluding carboxylic acids is 2. The highest BCUT2D eigenvalue weighted by Gasteiger charge is 2.13. The predicted molar refractivity (Wildman–Crippen MR) is 136 cm³/mol. The first-order valence-corrected chi connectivity index (χ1v) is 11.6. The van der Waals surface area contributed by atoms with Crippen molar-refractivity contribution in [1.29, 1.82) is 0 Å². The van der Waals surface area contributed by atoms with Crippen LogP contribution in [0.3, 0.4) is 0 Å². The number of benzene rings is 3. The van der Waals surface area contributed by atoms with E-state index in [4.69, 9.17) is 21.1 Å². The van der Waals surface area contributed by atoms with Gasteiger partial charge in [-0.05, 0) is 73.2 Å². The lowest BCUT2D eigenvalue weighted by Crippen LogP contribution is -2.26. The molecule has 3 rings (SSSR count). The summed E-state index contributed by atoms with van der Waals surface area (Å²) in [6.45, 7) is 1.66. The minimum atomic E-state index is -0.323. The number of para-hydroxylation sites is 2. The van der Waals surface area contributed by atoms with Gasteiger partial charge in [0.15, 0.2) is 6.61 Å². The molecule has 0 spiro atoms. The van der Waals surface area contributed by atoms with Crippen LogP contribution < -0.4 is 20.2 Å². The number of nitrogens with zero attached hydrogens (tertiary/aromatic N) is 1. The topological polar surface area (TPSA) is 89.0 Å². The first kappa shape index (κ1) is 25.1. The molecule has 0 fully saturated rings. The van der Waals surface area contributed by atoms with E-state index in [9.17, 15) is 9.59 Å². The number of anilines is 1. The molecule has 0 aliphatic rings. The van der Waals surface area contributed by atoms with Gasteiger partial charge < -0.3 is 14.8 Å². The molecule has 0 saturated carbocycles. The molecule has 3 aromatic carbocycles. The smallest absolute Gasteiger partial charge is 0.262 e. The molecule has 0 unspecified atom stereocenters. The van der Waals surface area contributed by atoms with Crippen molar-refractivity contribution < 1.29 is 19.1 Å². The highest BCUT2D eigenvalue weighted by Crippen LogP contribution is 2.25.